The van der Waals surface area contributed by atoms with E-state index in [9.17, 15) is 14.9 Å². The van der Waals surface area contributed by atoms with E-state index in [-0.39, 0.29) is 12.3 Å². The molecular formula is C20H17N3O4. The molecule has 7 nitrogen and oxygen atoms in total. The van der Waals surface area contributed by atoms with E-state index < -0.39 is 10.8 Å². The lowest BCUT2D eigenvalue weighted by Crippen LogP contribution is -2.25. The highest BCUT2D eigenvalue weighted by molar-refractivity contribution is 5.99. The van der Waals surface area contributed by atoms with Gasteiger partial charge in [-0.3, -0.25) is 14.9 Å². The van der Waals surface area contributed by atoms with Crippen LogP contribution in [-0.4, -0.2) is 23.1 Å². The topological polar surface area (TPSA) is 93.8 Å². The van der Waals surface area contributed by atoms with Crippen molar-refractivity contribution >= 4 is 28.1 Å². The molecule has 0 radical (unpaired) electrons. The molecule has 0 saturated carbocycles. The van der Waals surface area contributed by atoms with Crippen LogP contribution in [0.15, 0.2) is 71.8 Å². The third-order valence-corrected chi connectivity index (χ3v) is 3.93. The minimum atomic E-state index is -0.479. The lowest BCUT2D eigenvalue weighted by molar-refractivity contribution is -0.384. The summed E-state index contributed by atoms with van der Waals surface area (Å²) in [4.78, 5) is 22.4. The van der Waals surface area contributed by atoms with Gasteiger partial charge in [-0.2, -0.15) is 5.10 Å². The van der Waals surface area contributed by atoms with E-state index in [0.717, 1.165) is 10.8 Å². The zero-order chi connectivity index (χ0) is 19.2. The number of nitro groups is 1. The van der Waals surface area contributed by atoms with Gasteiger partial charge in [0, 0.05) is 23.1 Å². The predicted octanol–water partition coefficient (Wildman–Crippen LogP) is 3.67. The maximum atomic E-state index is 12.0. The molecule has 7 heteroatoms. The Morgan fingerprint density at radius 3 is 2.67 bits per heavy atom. The fourth-order valence-corrected chi connectivity index (χ4v) is 2.55. The second-order valence-corrected chi connectivity index (χ2v) is 5.81. The number of nitrogens with zero attached hydrogens (tertiary/aromatic N) is 2. The molecule has 3 rings (SSSR count). The third-order valence-electron chi connectivity index (χ3n) is 3.93. The van der Waals surface area contributed by atoms with E-state index in [4.69, 9.17) is 4.74 Å². The van der Waals surface area contributed by atoms with E-state index in [1.165, 1.54) is 12.1 Å². The number of hydrogen-bond donors (Lipinski definition) is 1. The van der Waals surface area contributed by atoms with Crippen molar-refractivity contribution in [2.75, 3.05) is 6.61 Å². The molecular weight excluding hydrogens is 346 g/mol. The van der Waals surface area contributed by atoms with Crippen molar-refractivity contribution in [3.05, 3.63) is 82.4 Å². The molecule has 0 aliphatic carbocycles. The molecule has 0 unspecified atom stereocenters. The molecule has 136 valence electrons. The van der Waals surface area contributed by atoms with Crippen LogP contribution in [0.5, 0.6) is 5.75 Å². The van der Waals surface area contributed by atoms with Crippen LogP contribution in [0.1, 0.15) is 12.5 Å². The molecule has 0 spiro atoms. The molecule has 0 aliphatic heterocycles. The van der Waals surface area contributed by atoms with Gasteiger partial charge in [0.25, 0.3) is 11.6 Å². The molecule has 1 amide bonds. The lowest BCUT2D eigenvalue weighted by atomic mass is 10.1. The van der Waals surface area contributed by atoms with Crippen LogP contribution < -0.4 is 10.2 Å². The Morgan fingerprint density at radius 1 is 1.11 bits per heavy atom. The van der Waals surface area contributed by atoms with Gasteiger partial charge in [0.05, 0.1) is 10.6 Å². The standard InChI is InChI=1S/C20H17N3O4/c1-14(16-8-4-9-17(12-16)23(25)26)21-22-20(24)13-27-19-11-5-7-15-6-2-3-10-18(15)19/h2-12H,13H2,1H3,(H,22,24)/b21-14+. The SMILES string of the molecule is C/C(=N\NC(=O)COc1cccc2ccccc12)c1cccc([N+](=O)[O-])c1. The van der Waals surface area contributed by atoms with Crippen LogP contribution in [0.2, 0.25) is 0 Å². The minimum Gasteiger partial charge on any atom is -0.483 e. The molecule has 27 heavy (non-hydrogen) atoms. The summed E-state index contributed by atoms with van der Waals surface area (Å²) in [6.45, 7) is 1.46. The Hall–Kier alpha value is -3.74. The van der Waals surface area contributed by atoms with Gasteiger partial charge in [-0.1, -0.05) is 48.5 Å². The Labute approximate surface area is 155 Å². The van der Waals surface area contributed by atoms with Crippen LogP contribution in [0.3, 0.4) is 0 Å². The smallest absolute Gasteiger partial charge is 0.277 e. The number of nitrogens with one attached hydrogen (secondary N) is 1. The molecule has 3 aromatic rings. The Kier molecular flexibility index (Phi) is 5.41. The second-order valence-electron chi connectivity index (χ2n) is 5.81. The number of hydrazone groups is 1. The number of ether oxygens (including phenoxy) is 1. The summed E-state index contributed by atoms with van der Waals surface area (Å²) in [5.41, 5.74) is 3.38. The normalized spacial score (nSPS) is 11.2. The highest BCUT2D eigenvalue weighted by Crippen LogP contribution is 2.24. The molecule has 0 fully saturated rings. The highest BCUT2D eigenvalue weighted by atomic mass is 16.6. The number of benzene rings is 3. The first-order chi connectivity index (χ1) is 13.0. The van der Waals surface area contributed by atoms with Crippen LogP contribution in [0, 0.1) is 10.1 Å². The van der Waals surface area contributed by atoms with E-state index in [0.29, 0.717) is 17.0 Å². The molecule has 0 atom stereocenters. The fourth-order valence-electron chi connectivity index (χ4n) is 2.55. The van der Waals surface area contributed by atoms with Crippen molar-refractivity contribution < 1.29 is 14.5 Å². The largest absolute Gasteiger partial charge is 0.483 e. The van der Waals surface area contributed by atoms with Crippen LogP contribution in [-0.2, 0) is 4.79 Å². The Balaban J connectivity index is 1.63. The number of rotatable bonds is 6. The predicted molar refractivity (Wildman–Crippen MR) is 103 cm³/mol. The lowest BCUT2D eigenvalue weighted by Gasteiger charge is -2.08. The van der Waals surface area contributed by atoms with E-state index in [1.54, 1.807) is 25.1 Å². The molecule has 1 N–H and O–H groups in total. The zero-order valence-corrected chi connectivity index (χ0v) is 14.6. The summed E-state index contributed by atoms with van der Waals surface area (Å²) in [6.07, 6.45) is 0. The minimum absolute atomic E-state index is 0.0346. The van der Waals surface area contributed by atoms with Crippen LogP contribution in [0.4, 0.5) is 5.69 Å². The summed E-state index contributed by atoms with van der Waals surface area (Å²) >= 11 is 0. The maximum absolute atomic E-state index is 12.0. The van der Waals surface area contributed by atoms with Crippen LogP contribution >= 0.6 is 0 Å². The summed E-state index contributed by atoms with van der Waals surface area (Å²) in [5.74, 6) is 0.190. The molecule has 0 saturated heterocycles. The number of carbonyl (C=O) groups is 1. The van der Waals surface area contributed by atoms with Gasteiger partial charge in [-0.15, -0.1) is 0 Å². The molecule has 0 bridgehead atoms. The maximum Gasteiger partial charge on any atom is 0.277 e. The number of nitro benzene ring substituents is 1. The van der Waals surface area contributed by atoms with Gasteiger partial charge in [-0.25, -0.2) is 5.43 Å². The molecule has 3 aromatic carbocycles. The molecule has 0 heterocycles. The summed E-state index contributed by atoms with van der Waals surface area (Å²) in [7, 11) is 0. The van der Waals surface area contributed by atoms with Crippen molar-refractivity contribution in [3.63, 3.8) is 0 Å². The molecule has 0 aliphatic rings. The Bertz CT molecular complexity index is 1030. The van der Waals surface area contributed by atoms with Gasteiger partial charge in [-0.05, 0) is 18.4 Å². The quantitative estimate of drug-likeness (QED) is 0.411. The highest BCUT2D eigenvalue weighted by Gasteiger charge is 2.09. The molecule has 0 aromatic heterocycles. The number of non-ortho nitro benzene ring substituents is 1. The van der Waals surface area contributed by atoms with E-state index in [2.05, 4.69) is 10.5 Å². The van der Waals surface area contributed by atoms with Gasteiger partial charge >= 0.3 is 0 Å². The summed E-state index contributed by atoms with van der Waals surface area (Å²) in [5, 5.41) is 16.8. The summed E-state index contributed by atoms with van der Waals surface area (Å²) < 4.78 is 5.60. The van der Waals surface area contributed by atoms with Gasteiger partial charge in [0.1, 0.15) is 5.75 Å². The Morgan fingerprint density at radius 2 is 1.85 bits per heavy atom. The first kappa shape index (κ1) is 18.1. The number of fused-ring (bicyclic) bond motifs is 1. The van der Waals surface area contributed by atoms with Crippen molar-refractivity contribution in [3.8, 4) is 5.75 Å². The summed E-state index contributed by atoms with van der Waals surface area (Å²) in [6, 6.07) is 19.4. The van der Waals surface area contributed by atoms with Crippen molar-refractivity contribution in [1.29, 1.82) is 0 Å². The first-order valence-corrected chi connectivity index (χ1v) is 8.23. The van der Waals surface area contributed by atoms with Crippen molar-refractivity contribution in [1.82, 2.24) is 5.43 Å². The van der Waals surface area contributed by atoms with Gasteiger partial charge < -0.3 is 4.74 Å². The number of amides is 1. The monoisotopic (exact) mass is 363 g/mol. The average Bonchev–Trinajstić information content (AvgIpc) is 2.70. The fraction of sp³-hybridized carbons (Fsp3) is 0.100. The first-order valence-electron chi connectivity index (χ1n) is 8.23. The van der Waals surface area contributed by atoms with Gasteiger partial charge in [0.2, 0.25) is 0 Å². The third kappa shape index (κ3) is 4.46. The second kappa shape index (κ2) is 8.09. The van der Waals surface area contributed by atoms with E-state index >= 15 is 0 Å². The number of carbonyl (C=O) groups excluding carboxylic acids is 1. The van der Waals surface area contributed by atoms with Gasteiger partial charge in [0.15, 0.2) is 6.61 Å². The van der Waals surface area contributed by atoms with Crippen LogP contribution in [0.25, 0.3) is 10.8 Å². The number of hydrogen-bond acceptors (Lipinski definition) is 5. The average molecular weight is 363 g/mol. The van der Waals surface area contributed by atoms with E-state index in [1.807, 2.05) is 36.4 Å². The van der Waals surface area contributed by atoms with Crippen molar-refractivity contribution in [2.24, 2.45) is 5.10 Å². The van der Waals surface area contributed by atoms with Crippen molar-refractivity contribution in [2.45, 2.75) is 6.92 Å². The zero-order valence-electron chi connectivity index (χ0n) is 14.6.